The Bertz CT molecular complexity index is 874. The van der Waals surface area contributed by atoms with Crippen molar-refractivity contribution < 1.29 is 24.5 Å². The van der Waals surface area contributed by atoms with Crippen LogP contribution in [0.3, 0.4) is 0 Å². The molecule has 6 nitrogen and oxygen atoms in total. The van der Waals surface area contributed by atoms with Crippen molar-refractivity contribution in [2.75, 3.05) is 13.2 Å². The van der Waals surface area contributed by atoms with Crippen molar-refractivity contribution in [1.29, 1.82) is 0 Å². The van der Waals surface area contributed by atoms with Crippen molar-refractivity contribution in [3.8, 4) is 0 Å². The molecule has 0 saturated carbocycles. The molecule has 0 aliphatic carbocycles. The van der Waals surface area contributed by atoms with Gasteiger partial charge in [-0.25, -0.2) is 0 Å². The molecule has 56 heavy (non-hydrogen) atoms. The first-order chi connectivity index (χ1) is 27.5. The monoisotopic (exact) mass is 790 g/mol. The topological polar surface area (TPSA) is 95.9 Å². The Hall–Kier alpha value is -1.66. The molecule has 0 fully saturated rings. The van der Waals surface area contributed by atoms with Crippen LogP contribution in [0.5, 0.6) is 0 Å². The second kappa shape index (κ2) is 46.0. The van der Waals surface area contributed by atoms with Gasteiger partial charge in [-0.05, 0) is 70.6 Å². The summed E-state index contributed by atoms with van der Waals surface area (Å²) in [4.78, 5) is 24.4. The SMILES string of the molecule is CCCCCCCCC/C=C\CCCCCCCCCC(=O)OCCCCCC/C=C\CCCC(=O)NC(CO)C(O)CCCCCCCCCCCCCC. The lowest BCUT2D eigenvalue weighted by atomic mass is 10.0. The van der Waals surface area contributed by atoms with Gasteiger partial charge in [-0.15, -0.1) is 0 Å². The van der Waals surface area contributed by atoms with Gasteiger partial charge in [0.2, 0.25) is 5.91 Å². The Labute approximate surface area is 348 Å². The van der Waals surface area contributed by atoms with E-state index in [1.165, 1.54) is 154 Å². The molecule has 0 rings (SSSR count). The number of aliphatic hydroxyl groups excluding tert-OH is 2. The number of carbonyl (C=O) groups excluding carboxylic acids is 2. The Morgan fingerprint density at radius 3 is 1.30 bits per heavy atom. The number of nitrogens with one attached hydrogen (secondary N) is 1. The predicted molar refractivity (Wildman–Crippen MR) is 241 cm³/mol. The van der Waals surface area contributed by atoms with E-state index in [1.54, 1.807) is 0 Å². The molecular weight excluding hydrogens is 695 g/mol. The largest absolute Gasteiger partial charge is 0.466 e. The molecule has 0 aliphatic heterocycles. The molecule has 0 bridgehead atoms. The number of carbonyl (C=O) groups is 2. The highest BCUT2D eigenvalue weighted by molar-refractivity contribution is 5.76. The first-order valence-electron chi connectivity index (χ1n) is 24.6. The molecule has 2 unspecified atom stereocenters. The van der Waals surface area contributed by atoms with Gasteiger partial charge in [0.05, 0.1) is 25.4 Å². The molecule has 2 atom stereocenters. The molecular formula is C50H95NO5. The van der Waals surface area contributed by atoms with Gasteiger partial charge in [-0.3, -0.25) is 9.59 Å². The van der Waals surface area contributed by atoms with Gasteiger partial charge in [0.25, 0.3) is 0 Å². The van der Waals surface area contributed by atoms with Gasteiger partial charge in [0.1, 0.15) is 0 Å². The average Bonchev–Trinajstić information content (AvgIpc) is 3.20. The van der Waals surface area contributed by atoms with Crippen molar-refractivity contribution in [3.63, 3.8) is 0 Å². The van der Waals surface area contributed by atoms with Gasteiger partial charge >= 0.3 is 5.97 Å². The van der Waals surface area contributed by atoms with Crippen LogP contribution in [0.2, 0.25) is 0 Å². The van der Waals surface area contributed by atoms with Crippen LogP contribution in [0.1, 0.15) is 258 Å². The van der Waals surface area contributed by atoms with Gasteiger partial charge in [0.15, 0.2) is 0 Å². The fourth-order valence-electron chi connectivity index (χ4n) is 7.40. The molecule has 0 spiro atoms. The Kier molecular flexibility index (Phi) is 44.7. The van der Waals surface area contributed by atoms with Crippen LogP contribution in [0.4, 0.5) is 0 Å². The molecule has 0 aliphatic rings. The predicted octanol–water partition coefficient (Wildman–Crippen LogP) is 14.3. The third-order valence-corrected chi connectivity index (χ3v) is 11.2. The Balaban J connectivity index is 3.52. The van der Waals surface area contributed by atoms with Gasteiger partial charge < -0.3 is 20.3 Å². The fraction of sp³-hybridized carbons (Fsp3) is 0.880. The van der Waals surface area contributed by atoms with E-state index in [0.717, 1.165) is 70.6 Å². The number of hydrogen-bond donors (Lipinski definition) is 3. The van der Waals surface area contributed by atoms with Crippen LogP contribution in [0, 0.1) is 0 Å². The van der Waals surface area contributed by atoms with Crippen LogP contribution < -0.4 is 5.32 Å². The number of aliphatic hydroxyl groups is 2. The minimum atomic E-state index is -0.694. The van der Waals surface area contributed by atoms with E-state index in [1.807, 2.05) is 0 Å². The number of unbranched alkanes of at least 4 members (excludes halogenated alkanes) is 30. The zero-order chi connectivity index (χ0) is 40.8. The molecule has 330 valence electrons. The molecule has 0 radical (unpaired) electrons. The zero-order valence-electron chi connectivity index (χ0n) is 37.4. The highest BCUT2D eigenvalue weighted by atomic mass is 16.5. The number of rotatable bonds is 45. The third-order valence-electron chi connectivity index (χ3n) is 11.2. The summed E-state index contributed by atoms with van der Waals surface area (Å²) < 4.78 is 5.44. The number of hydrogen-bond acceptors (Lipinski definition) is 5. The Morgan fingerprint density at radius 1 is 0.482 bits per heavy atom. The van der Waals surface area contributed by atoms with Crippen LogP contribution in [-0.4, -0.2) is 47.4 Å². The molecule has 0 aromatic carbocycles. The van der Waals surface area contributed by atoms with Gasteiger partial charge in [0, 0.05) is 12.8 Å². The zero-order valence-corrected chi connectivity index (χ0v) is 37.4. The molecule has 0 aromatic heterocycles. The second-order valence-corrected chi connectivity index (χ2v) is 16.8. The molecule has 3 N–H and O–H groups in total. The van der Waals surface area contributed by atoms with E-state index < -0.39 is 12.1 Å². The maximum absolute atomic E-state index is 12.4. The van der Waals surface area contributed by atoms with Crippen LogP contribution in [0.25, 0.3) is 0 Å². The van der Waals surface area contributed by atoms with Crippen molar-refractivity contribution in [2.45, 2.75) is 270 Å². The summed E-state index contributed by atoms with van der Waals surface area (Å²) >= 11 is 0. The highest BCUT2D eigenvalue weighted by Gasteiger charge is 2.20. The molecule has 0 saturated heterocycles. The van der Waals surface area contributed by atoms with Crippen LogP contribution in [0.15, 0.2) is 24.3 Å². The first-order valence-corrected chi connectivity index (χ1v) is 24.6. The molecule has 0 aromatic rings. The lowest BCUT2D eigenvalue weighted by molar-refractivity contribution is -0.143. The van der Waals surface area contributed by atoms with E-state index >= 15 is 0 Å². The average molecular weight is 790 g/mol. The summed E-state index contributed by atoms with van der Waals surface area (Å²) in [6, 6.07) is -0.578. The lowest BCUT2D eigenvalue weighted by Crippen LogP contribution is -2.45. The maximum Gasteiger partial charge on any atom is 0.305 e. The lowest BCUT2D eigenvalue weighted by Gasteiger charge is -2.22. The normalized spacial score (nSPS) is 12.9. The molecule has 6 heteroatoms. The standard InChI is InChI=1S/C50H95NO5/c1-3-5-7-9-11-13-15-17-18-19-20-21-22-24-28-32-36-40-44-50(55)56-45-41-37-33-29-25-27-31-35-39-43-49(54)51-47(46-52)48(53)42-38-34-30-26-23-16-14-12-10-8-6-4-2/h18-19,27,31,47-48,52-53H,3-17,20-26,28-30,32-46H2,1-2H3,(H,51,54)/b19-18-,31-27-. The smallest absolute Gasteiger partial charge is 0.305 e. The van der Waals surface area contributed by atoms with Gasteiger partial charge in [-0.2, -0.15) is 0 Å². The van der Waals surface area contributed by atoms with E-state index in [9.17, 15) is 19.8 Å². The summed E-state index contributed by atoms with van der Waals surface area (Å²) in [6.07, 6.45) is 52.9. The summed E-state index contributed by atoms with van der Waals surface area (Å²) in [7, 11) is 0. The van der Waals surface area contributed by atoms with E-state index in [4.69, 9.17) is 4.74 Å². The second-order valence-electron chi connectivity index (χ2n) is 16.8. The number of allylic oxidation sites excluding steroid dienone is 4. The van der Waals surface area contributed by atoms with E-state index in [-0.39, 0.29) is 18.5 Å². The Morgan fingerprint density at radius 2 is 0.857 bits per heavy atom. The van der Waals surface area contributed by atoms with Crippen molar-refractivity contribution in [1.82, 2.24) is 5.32 Å². The van der Waals surface area contributed by atoms with E-state index in [0.29, 0.717) is 25.9 Å². The summed E-state index contributed by atoms with van der Waals surface area (Å²) in [5.41, 5.74) is 0. The minimum absolute atomic E-state index is 0.0391. The highest BCUT2D eigenvalue weighted by Crippen LogP contribution is 2.15. The molecule has 0 heterocycles. The summed E-state index contributed by atoms with van der Waals surface area (Å²) in [6.45, 7) is 4.85. The number of ether oxygens (including phenoxy) is 1. The van der Waals surface area contributed by atoms with Crippen molar-refractivity contribution in [3.05, 3.63) is 24.3 Å². The maximum atomic E-state index is 12.4. The van der Waals surface area contributed by atoms with Crippen LogP contribution >= 0.6 is 0 Å². The number of amides is 1. The third kappa shape index (κ3) is 42.0. The summed E-state index contributed by atoms with van der Waals surface area (Å²) in [5.74, 6) is -0.136. The van der Waals surface area contributed by atoms with Crippen LogP contribution in [-0.2, 0) is 14.3 Å². The van der Waals surface area contributed by atoms with E-state index in [2.05, 4.69) is 43.5 Å². The van der Waals surface area contributed by atoms with Crippen molar-refractivity contribution >= 4 is 11.9 Å². The fourth-order valence-corrected chi connectivity index (χ4v) is 7.40. The number of esters is 1. The van der Waals surface area contributed by atoms with Crippen molar-refractivity contribution in [2.24, 2.45) is 0 Å². The molecule has 1 amide bonds. The quantitative estimate of drug-likeness (QED) is 0.0324. The summed E-state index contributed by atoms with van der Waals surface area (Å²) in [5, 5.41) is 23.1. The minimum Gasteiger partial charge on any atom is -0.466 e. The van der Waals surface area contributed by atoms with Gasteiger partial charge in [-0.1, -0.05) is 199 Å². The first kappa shape index (κ1) is 54.3.